The first-order valence-corrected chi connectivity index (χ1v) is 12.7. The quantitative estimate of drug-likeness (QED) is 0.444. The number of carbonyl (C=O) groups excluding carboxylic acids is 1. The summed E-state index contributed by atoms with van der Waals surface area (Å²) < 4.78 is 32.3. The molecule has 1 N–H and O–H groups in total. The topological polar surface area (TPSA) is 75.7 Å². The van der Waals surface area contributed by atoms with Crippen molar-refractivity contribution in [3.05, 3.63) is 95.6 Å². The molecule has 0 aliphatic carbocycles. The standard InChI is InChI=1S/C26H30N2O4S/c1-20(2)22-13-8-10-16-25(22)32-18-17-27-26(29)23-14-7-9-15-24(23)28(33(3,30)31)19-21-11-5-4-6-12-21/h4-16,20H,17-19H2,1-3H3,(H,27,29). The highest BCUT2D eigenvalue weighted by atomic mass is 32.2. The average molecular weight is 467 g/mol. The van der Waals surface area contributed by atoms with Crippen molar-refractivity contribution in [2.24, 2.45) is 0 Å². The molecule has 6 nitrogen and oxygen atoms in total. The van der Waals surface area contributed by atoms with Gasteiger partial charge in [-0.3, -0.25) is 9.10 Å². The van der Waals surface area contributed by atoms with Crippen LogP contribution in [0.15, 0.2) is 78.9 Å². The monoisotopic (exact) mass is 466 g/mol. The molecule has 1 amide bonds. The highest BCUT2D eigenvalue weighted by Gasteiger charge is 2.23. The molecular formula is C26H30N2O4S. The number of rotatable bonds is 10. The Bertz CT molecular complexity index is 1180. The predicted octanol–water partition coefficient (Wildman–Crippen LogP) is 4.59. The van der Waals surface area contributed by atoms with Crippen molar-refractivity contribution in [1.29, 1.82) is 0 Å². The minimum absolute atomic E-state index is 0.138. The summed E-state index contributed by atoms with van der Waals surface area (Å²) in [4.78, 5) is 12.9. The van der Waals surface area contributed by atoms with Crippen LogP contribution in [-0.2, 0) is 16.6 Å². The molecule has 0 radical (unpaired) electrons. The largest absolute Gasteiger partial charge is 0.491 e. The molecule has 0 saturated carbocycles. The number of anilines is 1. The first-order chi connectivity index (χ1) is 15.8. The fraction of sp³-hybridized carbons (Fsp3) is 0.269. The lowest BCUT2D eigenvalue weighted by atomic mass is 10.0. The minimum Gasteiger partial charge on any atom is -0.491 e. The summed E-state index contributed by atoms with van der Waals surface area (Å²) in [6.07, 6.45) is 1.14. The molecule has 3 rings (SSSR count). The molecular weight excluding hydrogens is 436 g/mol. The SMILES string of the molecule is CC(C)c1ccccc1OCCNC(=O)c1ccccc1N(Cc1ccccc1)S(C)(=O)=O. The lowest BCUT2D eigenvalue weighted by Crippen LogP contribution is -2.33. The van der Waals surface area contributed by atoms with Gasteiger partial charge in [0.25, 0.3) is 5.91 Å². The van der Waals surface area contributed by atoms with E-state index < -0.39 is 10.0 Å². The highest BCUT2D eigenvalue weighted by Crippen LogP contribution is 2.26. The van der Waals surface area contributed by atoms with E-state index in [0.717, 1.165) is 23.1 Å². The fourth-order valence-electron chi connectivity index (χ4n) is 3.52. The van der Waals surface area contributed by atoms with Crippen LogP contribution >= 0.6 is 0 Å². The van der Waals surface area contributed by atoms with Gasteiger partial charge in [-0.25, -0.2) is 8.42 Å². The number of amides is 1. The van der Waals surface area contributed by atoms with Gasteiger partial charge in [0.05, 0.1) is 30.6 Å². The van der Waals surface area contributed by atoms with Crippen LogP contribution in [0.2, 0.25) is 0 Å². The maximum atomic E-state index is 12.9. The second-order valence-corrected chi connectivity index (χ2v) is 9.98. The Hall–Kier alpha value is -3.32. The molecule has 0 atom stereocenters. The number of benzene rings is 3. The lowest BCUT2D eigenvalue weighted by Gasteiger charge is -2.24. The van der Waals surface area contributed by atoms with Crippen molar-refractivity contribution in [2.45, 2.75) is 26.3 Å². The predicted molar refractivity (Wildman–Crippen MR) is 132 cm³/mol. The van der Waals surface area contributed by atoms with Crippen molar-refractivity contribution in [3.63, 3.8) is 0 Å². The number of para-hydroxylation sites is 2. The Kier molecular flexibility index (Phi) is 8.11. The maximum absolute atomic E-state index is 12.9. The van der Waals surface area contributed by atoms with Gasteiger partial charge in [0.15, 0.2) is 0 Å². The van der Waals surface area contributed by atoms with Gasteiger partial charge >= 0.3 is 0 Å². The summed E-state index contributed by atoms with van der Waals surface area (Å²) in [5.74, 6) is 0.774. The van der Waals surface area contributed by atoms with Crippen LogP contribution in [0.1, 0.15) is 41.3 Å². The second kappa shape index (κ2) is 11.0. The summed E-state index contributed by atoms with van der Waals surface area (Å²) in [6.45, 7) is 4.93. The number of nitrogens with one attached hydrogen (secondary N) is 1. The number of sulfonamides is 1. The number of ether oxygens (including phenoxy) is 1. The molecule has 33 heavy (non-hydrogen) atoms. The normalized spacial score (nSPS) is 11.3. The van der Waals surface area contributed by atoms with Gasteiger partial charge in [-0.2, -0.15) is 0 Å². The highest BCUT2D eigenvalue weighted by molar-refractivity contribution is 7.92. The molecule has 7 heteroatoms. The third-order valence-corrected chi connectivity index (χ3v) is 6.30. The Balaban J connectivity index is 1.71. The summed E-state index contributed by atoms with van der Waals surface area (Å²) in [5, 5.41) is 2.84. The maximum Gasteiger partial charge on any atom is 0.253 e. The molecule has 3 aromatic rings. The molecule has 0 saturated heterocycles. The molecule has 3 aromatic carbocycles. The van der Waals surface area contributed by atoms with Crippen LogP contribution in [0.25, 0.3) is 0 Å². The first-order valence-electron chi connectivity index (χ1n) is 10.9. The van der Waals surface area contributed by atoms with Gasteiger partial charge in [-0.05, 0) is 35.2 Å². The molecule has 0 spiro atoms. The number of hydrogen-bond donors (Lipinski definition) is 1. The first kappa shape index (κ1) is 24.3. The van der Waals surface area contributed by atoms with Crippen LogP contribution in [0.3, 0.4) is 0 Å². The molecule has 0 aliphatic heterocycles. The summed E-state index contributed by atoms with van der Waals surface area (Å²) in [7, 11) is -3.62. The summed E-state index contributed by atoms with van der Waals surface area (Å²) in [5.41, 5.74) is 2.57. The number of nitrogens with zero attached hydrogens (tertiary/aromatic N) is 1. The average Bonchev–Trinajstić information content (AvgIpc) is 2.80. The molecule has 0 unspecified atom stereocenters. The summed E-state index contributed by atoms with van der Waals surface area (Å²) in [6, 6.07) is 23.8. The van der Waals surface area contributed by atoms with Crippen molar-refractivity contribution in [2.75, 3.05) is 23.7 Å². The zero-order valence-electron chi connectivity index (χ0n) is 19.2. The Morgan fingerprint density at radius 2 is 1.58 bits per heavy atom. The zero-order valence-corrected chi connectivity index (χ0v) is 20.0. The third kappa shape index (κ3) is 6.58. The van der Waals surface area contributed by atoms with Gasteiger partial charge in [-0.15, -0.1) is 0 Å². The van der Waals surface area contributed by atoms with Crippen molar-refractivity contribution < 1.29 is 17.9 Å². The van der Waals surface area contributed by atoms with E-state index in [0.29, 0.717) is 23.8 Å². The Morgan fingerprint density at radius 1 is 0.939 bits per heavy atom. The van der Waals surface area contributed by atoms with E-state index in [1.165, 1.54) is 4.31 Å². The number of hydrogen-bond acceptors (Lipinski definition) is 4. The molecule has 0 heterocycles. The molecule has 174 valence electrons. The van der Waals surface area contributed by atoms with Crippen LogP contribution in [-0.4, -0.2) is 33.7 Å². The lowest BCUT2D eigenvalue weighted by molar-refractivity contribution is 0.0947. The van der Waals surface area contributed by atoms with E-state index in [1.54, 1.807) is 24.3 Å². The van der Waals surface area contributed by atoms with Crippen molar-refractivity contribution in [1.82, 2.24) is 5.32 Å². The summed E-state index contributed by atoms with van der Waals surface area (Å²) >= 11 is 0. The molecule has 0 bridgehead atoms. The third-order valence-electron chi connectivity index (χ3n) is 5.17. The van der Waals surface area contributed by atoms with Crippen LogP contribution in [0.4, 0.5) is 5.69 Å². The van der Waals surface area contributed by atoms with Crippen molar-refractivity contribution in [3.8, 4) is 5.75 Å². The number of carbonyl (C=O) groups is 1. The second-order valence-electron chi connectivity index (χ2n) is 8.07. The van der Waals surface area contributed by atoms with E-state index >= 15 is 0 Å². The van der Waals surface area contributed by atoms with Crippen molar-refractivity contribution >= 4 is 21.6 Å². The Labute approximate surface area is 196 Å². The van der Waals surface area contributed by atoms with Gasteiger partial charge in [0.2, 0.25) is 10.0 Å². The van der Waals surface area contributed by atoms with Gasteiger partial charge in [-0.1, -0.05) is 74.5 Å². The van der Waals surface area contributed by atoms with Crippen LogP contribution < -0.4 is 14.4 Å². The van der Waals surface area contributed by atoms with Crippen LogP contribution in [0.5, 0.6) is 5.75 Å². The smallest absolute Gasteiger partial charge is 0.253 e. The van der Waals surface area contributed by atoms with E-state index in [4.69, 9.17) is 4.74 Å². The van der Waals surface area contributed by atoms with Gasteiger partial charge in [0, 0.05) is 0 Å². The molecule has 0 aromatic heterocycles. The van der Waals surface area contributed by atoms with Gasteiger partial charge < -0.3 is 10.1 Å². The van der Waals surface area contributed by atoms with E-state index in [2.05, 4.69) is 19.2 Å². The zero-order chi connectivity index (χ0) is 23.8. The van der Waals surface area contributed by atoms with E-state index in [-0.39, 0.29) is 19.0 Å². The fourth-order valence-corrected chi connectivity index (χ4v) is 4.42. The minimum atomic E-state index is -3.62. The van der Waals surface area contributed by atoms with Crippen LogP contribution in [0, 0.1) is 0 Å². The van der Waals surface area contributed by atoms with E-state index in [1.807, 2.05) is 54.6 Å². The molecule has 0 fully saturated rings. The van der Waals surface area contributed by atoms with Gasteiger partial charge in [0.1, 0.15) is 12.4 Å². The van der Waals surface area contributed by atoms with E-state index in [9.17, 15) is 13.2 Å². The molecule has 0 aliphatic rings. The Morgan fingerprint density at radius 3 is 2.27 bits per heavy atom.